The Hall–Kier alpha value is -0.960. The molecule has 0 atom stereocenters. The Labute approximate surface area is 86.0 Å². The number of ether oxygens (including phenoxy) is 1. The van der Waals surface area contributed by atoms with Crippen LogP contribution in [0.4, 0.5) is 0 Å². The van der Waals surface area contributed by atoms with E-state index in [4.69, 9.17) is 4.74 Å². The molecule has 0 fully saturated rings. The van der Waals surface area contributed by atoms with Gasteiger partial charge >= 0.3 is 0 Å². The van der Waals surface area contributed by atoms with Crippen LogP contribution in [0.15, 0.2) is 24.5 Å². The highest BCUT2D eigenvalue weighted by Crippen LogP contribution is 1.98. The first kappa shape index (κ1) is 11.1. The van der Waals surface area contributed by atoms with Crippen LogP contribution in [0.5, 0.6) is 0 Å². The van der Waals surface area contributed by atoms with Gasteiger partial charge in [0.1, 0.15) is 0 Å². The summed E-state index contributed by atoms with van der Waals surface area (Å²) in [5.74, 6) is 0.729. The van der Waals surface area contributed by atoms with Crippen molar-refractivity contribution in [2.24, 2.45) is 5.92 Å². The van der Waals surface area contributed by atoms with E-state index in [-0.39, 0.29) is 0 Å². The monoisotopic (exact) mass is 196 g/mol. The van der Waals surface area contributed by atoms with E-state index < -0.39 is 0 Å². The van der Waals surface area contributed by atoms with Crippen molar-refractivity contribution in [3.8, 4) is 0 Å². The van der Waals surface area contributed by atoms with E-state index in [0.717, 1.165) is 32.1 Å². The Morgan fingerprint density at radius 2 is 1.93 bits per heavy atom. The molecule has 3 nitrogen and oxygen atoms in total. The molecule has 14 heavy (non-hydrogen) atoms. The normalized spacial score (nSPS) is 10.8. The van der Waals surface area contributed by atoms with Gasteiger partial charge in [0.2, 0.25) is 0 Å². The third kappa shape index (κ3) is 4.92. The van der Waals surface area contributed by atoms with Gasteiger partial charge in [0.25, 0.3) is 0 Å². The molecule has 0 saturated carbocycles. The summed E-state index contributed by atoms with van der Waals surface area (Å²) < 4.78 is 7.40. The summed E-state index contributed by atoms with van der Waals surface area (Å²) in [5, 5.41) is 0. The van der Waals surface area contributed by atoms with Gasteiger partial charge < -0.3 is 10.2 Å². The zero-order valence-electron chi connectivity index (χ0n) is 9.07. The molecule has 0 saturated heterocycles. The van der Waals surface area contributed by atoms with Gasteiger partial charge in [0.05, 0.1) is 13.2 Å². The van der Waals surface area contributed by atoms with Crippen LogP contribution in [0.3, 0.4) is 0 Å². The molecule has 0 aliphatic carbocycles. The average molecular weight is 196 g/mol. The minimum absolute atomic E-state index is 0.729. The van der Waals surface area contributed by atoms with Crippen molar-refractivity contribution in [1.82, 2.24) is 4.68 Å². The lowest BCUT2D eigenvalue weighted by Gasteiger charge is -2.08. The van der Waals surface area contributed by atoms with Gasteiger partial charge in [-0.05, 0) is 24.5 Å². The summed E-state index contributed by atoms with van der Waals surface area (Å²) in [4.78, 5) is 0. The largest absolute Gasteiger partial charge is 0.380 e. The predicted molar refractivity (Wildman–Crippen MR) is 58.9 cm³/mol. The average Bonchev–Trinajstić information content (AvgIpc) is 2.63. The lowest BCUT2D eigenvalue weighted by Crippen LogP contribution is -2.18. The Morgan fingerprint density at radius 3 is 2.57 bits per heavy atom. The number of aromatic nitrogens is 1. The number of hydrogen-bond acceptors (Lipinski definition) is 2. The molecule has 0 aliphatic heterocycles. The number of rotatable bonds is 7. The first-order valence-electron chi connectivity index (χ1n) is 5.23. The van der Waals surface area contributed by atoms with Gasteiger partial charge in [0.15, 0.2) is 0 Å². The zero-order chi connectivity index (χ0) is 10.2. The van der Waals surface area contributed by atoms with E-state index in [0.29, 0.717) is 0 Å². The molecule has 0 aliphatic rings. The summed E-state index contributed by atoms with van der Waals surface area (Å²) in [7, 11) is 0. The van der Waals surface area contributed by atoms with E-state index in [2.05, 4.69) is 19.3 Å². The highest BCUT2D eigenvalue weighted by Gasteiger charge is 1.93. The highest BCUT2D eigenvalue weighted by molar-refractivity contribution is 4.92. The van der Waals surface area contributed by atoms with E-state index >= 15 is 0 Å². The summed E-state index contributed by atoms with van der Waals surface area (Å²) in [6.45, 7) is 6.91. The third-order valence-electron chi connectivity index (χ3n) is 1.98. The van der Waals surface area contributed by atoms with Gasteiger partial charge in [-0.25, -0.2) is 0 Å². The first-order chi connectivity index (χ1) is 6.79. The molecule has 1 aromatic heterocycles. The minimum Gasteiger partial charge on any atom is -0.380 e. The summed E-state index contributed by atoms with van der Waals surface area (Å²) >= 11 is 0. The molecule has 0 spiro atoms. The Morgan fingerprint density at radius 1 is 1.21 bits per heavy atom. The Kier molecular flexibility index (Phi) is 5.15. The molecular weight excluding hydrogens is 176 g/mol. The highest BCUT2D eigenvalue weighted by atomic mass is 16.5. The predicted octanol–water partition coefficient (Wildman–Crippen LogP) is 2.09. The second-order valence-corrected chi connectivity index (χ2v) is 3.79. The van der Waals surface area contributed by atoms with Crippen molar-refractivity contribution in [2.45, 2.75) is 20.3 Å². The van der Waals surface area contributed by atoms with Crippen molar-refractivity contribution in [1.29, 1.82) is 0 Å². The van der Waals surface area contributed by atoms with Crippen LogP contribution in [0, 0.1) is 5.92 Å². The van der Waals surface area contributed by atoms with Gasteiger partial charge in [-0.15, -0.1) is 0 Å². The Bertz CT molecular complexity index is 219. The van der Waals surface area contributed by atoms with Crippen molar-refractivity contribution in [2.75, 3.05) is 25.2 Å². The summed E-state index contributed by atoms with van der Waals surface area (Å²) in [6, 6.07) is 3.99. The number of nitrogens with one attached hydrogen (secondary N) is 1. The summed E-state index contributed by atoms with van der Waals surface area (Å²) in [5.41, 5.74) is 3.20. The first-order valence-corrected chi connectivity index (χ1v) is 5.23. The fraction of sp³-hybridized carbons (Fsp3) is 0.636. The SMILES string of the molecule is CC(C)CCOCCNn1cccc1. The van der Waals surface area contributed by atoms with E-state index in [1.807, 2.05) is 29.2 Å². The van der Waals surface area contributed by atoms with E-state index in [1.54, 1.807) is 0 Å². The zero-order valence-corrected chi connectivity index (χ0v) is 9.07. The third-order valence-corrected chi connectivity index (χ3v) is 1.98. The van der Waals surface area contributed by atoms with Crippen LogP contribution >= 0.6 is 0 Å². The molecule has 0 radical (unpaired) electrons. The van der Waals surface area contributed by atoms with Crippen molar-refractivity contribution < 1.29 is 4.74 Å². The van der Waals surface area contributed by atoms with Gasteiger partial charge in [-0.1, -0.05) is 13.8 Å². The lowest BCUT2D eigenvalue weighted by molar-refractivity contribution is 0.131. The molecule has 1 heterocycles. The molecule has 0 aromatic carbocycles. The van der Waals surface area contributed by atoms with Crippen molar-refractivity contribution in [3.05, 3.63) is 24.5 Å². The van der Waals surface area contributed by atoms with Crippen LogP contribution < -0.4 is 5.43 Å². The van der Waals surface area contributed by atoms with Crippen molar-refractivity contribution in [3.63, 3.8) is 0 Å². The second-order valence-electron chi connectivity index (χ2n) is 3.79. The lowest BCUT2D eigenvalue weighted by atomic mass is 10.1. The second kappa shape index (κ2) is 6.49. The molecule has 80 valence electrons. The molecular formula is C11H20N2O. The minimum atomic E-state index is 0.729. The summed E-state index contributed by atoms with van der Waals surface area (Å²) in [6.07, 6.45) is 5.10. The standard InChI is InChI=1S/C11H20N2O/c1-11(2)5-9-14-10-6-12-13-7-3-4-8-13/h3-4,7-8,11-12H,5-6,9-10H2,1-2H3. The van der Waals surface area contributed by atoms with Gasteiger partial charge in [0, 0.05) is 19.0 Å². The molecule has 1 aromatic rings. The van der Waals surface area contributed by atoms with E-state index in [1.165, 1.54) is 0 Å². The quantitative estimate of drug-likeness (QED) is 0.676. The topological polar surface area (TPSA) is 26.2 Å². The maximum absolute atomic E-state index is 5.47. The molecule has 0 unspecified atom stereocenters. The molecule has 1 rings (SSSR count). The van der Waals surface area contributed by atoms with Crippen LogP contribution in [-0.4, -0.2) is 24.4 Å². The fourth-order valence-corrected chi connectivity index (χ4v) is 1.11. The van der Waals surface area contributed by atoms with Gasteiger partial charge in [-0.3, -0.25) is 4.68 Å². The van der Waals surface area contributed by atoms with Gasteiger partial charge in [-0.2, -0.15) is 0 Å². The smallest absolute Gasteiger partial charge is 0.0655 e. The maximum Gasteiger partial charge on any atom is 0.0655 e. The number of hydrogen-bond donors (Lipinski definition) is 1. The maximum atomic E-state index is 5.47. The van der Waals surface area contributed by atoms with Crippen LogP contribution in [0.25, 0.3) is 0 Å². The fourth-order valence-electron chi connectivity index (χ4n) is 1.11. The van der Waals surface area contributed by atoms with Crippen LogP contribution in [-0.2, 0) is 4.74 Å². The van der Waals surface area contributed by atoms with Crippen molar-refractivity contribution >= 4 is 0 Å². The molecule has 0 amide bonds. The van der Waals surface area contributed by atoms with E-state index in [9.17, 15) is 0 Å². The molecule has 3 heteroatoms. The molecule has 0 bridgehead atoms. The Balaban J connectivity index is 1.90. The molecule has 1 N–H and O–H groups in total. The van der Waals surface area contributed by atoms with Crippen LogP contribution in [0.1, 0.15) is 20.3 Å². The van der Waals surface area contributed by atoms with Crippen LogP contribution in [0.2, 0.25) is 0 Å². The number of nitrogens with zero attached hydrogens (tertiary/aromatic N) is 1.